The second-order valence-electron chi connectivity index (χ2n) is 7.36. The Morgan fingerprint density at radius 2 is 1.89 bits per heavy atom. The molecular formula is C22H25FN2O3. The summed E-state index contributed by atoms with van der Waals surface area (Å²) in [5, 5.41) is 10.2. The maximum Gasteiger partial charge on any atom is 0.198 e. The van der Waals surface area contributed by atoms with Crippen molar-refractivity contribution in [3.05, 3.63) is 65.8 Å². The molecular weight excluding hydrogens is 359 g/mol. The van der Waals surface area contributed by atoms with Gasteiger partial charge in [0, 0.05) is 18.0 Å². The Morgan fingerprint density at radius 1 is 1.14 bits per heavy atom. The lowest BCUT2D eigenvalue weighted by atomic mass is 9.96. The van der Waals surface area contributed by atoms with Crippen molar-refractivity contribution in [2.45, 2.75) is 31.5 Å². The minimum Gasteiger partial charge on any atom is -0.440 e. The van der Waals surface area contributed by atoms with Crippen LogP contribution in [-0.4, -0.2) is 47.3 Å². The van der Waals surface area contributed by atoms with Gasteiger partial charge >= 0.3 is 0 Å². The van der Waals surface area contributed by atoms with E-state index in [-0.39, 0.29) is 19.0 Å². The van der Waals surface area contributed by atoms with Gasteiger partial charge in [-0.3, -0.25) is 0 Å². The minimum absolute atomic E-state index is 0.170. The minimum atomic E-state index is -0.590. The number of para-hydroxylation sites is 2. The first-order valence-electron chi connectivity index (χ1n) is 9.76. The second kappa shape index (κ2) is 8.82. The molecule has 6 heteroatoms. The van der Waals surface area contributed by atoms with Crippen molar-refractivity contribution in [2.75, 3.05) is 26.2 Å². The number of benzene rings is 2. The Balaban J connectivity index is 1.21. The van der Waals surface area contributed by atoms with Crippen LogP contribution < -0.4 is 0 Å². The average Bonchev–Trinajstić information content (AvgIpc) is 3.14. The van der Waals surface area contributed by atoms with E-state index in [4.69, 9.17) is 9.15 Å². The van der Waals surface area contributed by atoms with E-state index in [0.717, 1.165) is 42.9 Å². The number of fused-ring (bicyclic) bond motifs is 1. The fourth-order valence-electron chi connectivity index (χ4n) is 3.70. The number of hydrogen-bond donors (Lipinski definition) is 1. The molecule has 1 aromatic heterocycles. The number of aliphatic hydroxyl groups excluding tert-OH is 1. The number of hydrogen-bond acceptors (Lipinski definition) is 5. The molecule has 3 aromatic rings. The van der Waals surface area contributed by atoms with E-state index in [1.54, 1.807) is 18.2 Å². The second-order valence-corrected chi connectivity index (χ2v) is 7.36. The van der Waals surface area contributed by atoms with E-state index in [9.17, 15) is 9.50 Å². The highest BCUT2D eigenvalue weighted by Crippen LogP contribution is 2.29. The lowest BCUT2D eigenvalue weighted by molar-refractivity contribution is 0.00513. The molecule has 0 bridgehead atoms. The van der Waals surface area contributed by atoms with Crippen LogP contribution in [0.3, 0.4) is 0 Å². The van der Waals surface area contributed by atoms with E-state index in [1.807, 2.05) is 24.3 Å². The van der Waals surface area contributed by atoms with Gasteiger partial charge < -0.3 is 19.2 Å². The van der Waals surface area contributed by atoms with Crippen molar-refractivity contribution in [2.24, 2.45) is 0 Å². The van der Waals surface area contributed by atoms with Gasteiger partial charge in [-0.25, -0.2) is 9.37 Å². The first-order valence-corrected chi connectivity index (χ1v) is 9.76. The van der Waals surface area contributed by atoms with E-state index in [0.29, 0.717) is 18.0 Å². The fraction of sp³-hybridized carbons (Fsp3) is 0.409. The largest absolute Gasteiger partial charge is 0.440 e. The first kappa shape index (κ1) is 19.1. The molecule has 1 saturated heterocycles. The van der Waals surface area contributed by atoms with Crippen LogP contribution in [0.5, 0.6) is 0 Å². The van der Waals surface area contributed by atoms with Crippen molar-refractivity contribution in [1.29, 1.82) is 0 Å². The molecule has 0 saturated carbocycles. The smallest absolute Gasteiger partial charge is 0.198 e. The van der Waals surface area contributed by atoms with Gasteiger partial charge in [0.2, 0.25) is 0 Å². The highest BCUT2D eigenvalue weighted by Gasteiger charge is 2.25. The Kier molecular flexibility index (Phi) is 6.00. The van der Waals surface area contributed by atoms with Crippen LogP contribution in [0.2, 0.25) is 0 Å². The first-order chi connectivity index (χ1) is 13.7. The van der Waals surface area contributed by atoms with Crippen LogP contribution in [0.4, 0.5) is 4.39 Å². The number of rotatable bonds is 7. The Morgan fingerprint density at radius 3 is 2.68 bits per heavy atom. The fourth-order valence-corrected chi connectivity index (χ4v) is 3.70. The SMILES string of the molecule is OC(COCc1ccccc1F)CN1CCC(c2nc3ccccc3o2)CC1. The van der Waals surface area contributed by atoms with Crippen molar-refractivity contribution in [1.82, 2.24) is 9.88 Å². The summed E-state index contributed by atoms with van der Waals surface area (Å²) in [6, 6.07) is 14.4. The van der Waals surface area contributed by atoms with Gasteiger partial charge in [0.25, 0.3) is 0 Å². The molecule has 0 radical (unpaired) electrons. The van der Waals surface area contributed by atoms with Gasteiger partial charge in [0.15, 0.2) is 11.5 Å². The van der Waals surface area contributed by atoms with Gasteiger partial charge in [0.05, 0.1) is 19.3 Å². The summed E-state index contributed by atoms with van der Waals surface area (Å²) in [6.45, 7) is 2.68. The standard InChI is InChI=1S/C22H25FN2O3/c23-19-6-2-1-5-17(19)14-27-15-18(26)13-25-11-9-16(10-12-25)22-24-20-7-3-4-8-21(20)28-22/h1-8,16,18,26H,9-15H2. The number of aliphatic hydroxyl groups is 1. The molecule has 1 unspecified atom stereocenters. The topological polar surface area (TPSA) is 58.7 Å². The summed E-state index contributed by atoms with van der Waals surface area (Å²) in [5.41, 5.74) is 2.25. The van der Waals surface area contributed by atoms with Crippen LogP contribution in [0.1, 0.15) is 30.2 Å². The van der Waals surface area contributed by atoms with Gasteiger partial charge in [-0.15, -0.1) is 0 Å². The number of aromatic nitrogens is 1. The zero-order valence-electron chi connectivity index (χ0n) is 15.8. The highest BCUT2D eigenvalue weighted by molar-refractivity contribution is 5.72. The van der Waals surface area contributed by atoms with E-state index in [1.165, 1.54) is 6.07 Å². The predicted octanol–water partition coefficient (Wildman–Crippen LogP) is 3.72. The summed E-state index contributed by atoms with van der Waals surface area (Å²) in [4.78, 5) is 6.85. The number of oxazole rings is 1. The lowest BCUT2D eigenvalue weighted by Gasteiger charge is -2.31. The predicted molar refractivity (Wildman–Crippen MR) is 104 cm³/mol. The van der Waals surface area contributed by atoms with Crippen LogP contribution in [-0.2, 0) is 11.3 Å². The zero-order chi connectivity index (χ0) is 19.3. The molecule has 0 amide bonds. The van der Waals surface area contributed by atoms with E-state index in [2.05, 4.69) is 9.88 Å². The molecule has 1 fully saturated rings. The molecule has 148 valence electrons. The van der Waals surface area contributed by atoms with Gasteiger partial charge in [-0.2, -0.15) is 0 Å². The maximum absolute atomic E-state index is 13.6. The molecule has 2 heterocycles. The molecule has 1 N–H and O–H groups in total. The molecule has 4 rings (SSSR count). The van der Waals surface area contributed by atoms with Crippen LogP contribution in [0.15, 0.2) is 52.9 Å². The third-order valence-electron chi connectivity index (χ3n) is 5.24. The monoisotopic (exact) mass is 384 g/mol. The summed E-state index contributed by atoms with van der Waals surface area (Å²) in [6.07, 6.45) is 1.32. The number of likely N-dealkylation sites (tertiary alicyclic amines) is 1. The van der Waals surface area contributed by atoms with Gasteiger partial charge in [0.1, 0.15) is 11.3 Å². The molecule has 1 atom stereocenters. The number of β-amino-alcohol motifs (C(OH)–C–C–N with tert-alkyl or cyclic N) is 1. The molecule has 5 nitrogen and oxygen atoms in total. The number of ether oxygens (including phenoxy) is 1. The number of nitrogens with zero attached hydrogens (tertiary/aromatic N) is 2. The summed E-state index contributed by atoms with van der Waals surface area (Å²) < 4.78 is 25.0. The third kappa shape index (κ3) is 4.58. The molecule has 1 aliphatic rings. The molecule has 0 spiro atoms. The van der Waals surface area contributed by atoms with Crippen LogP contribution >= 0.6 is 0 Å². The molecule has 1 aliphatic heterocycles. The Hall–Kier alpha value is -2.28. The summed E-state index contributed by atoms with van der Waals surface area (Å²) in [5.74, 6) is 0.853. The maximum atomic E-state index is 13.6. The summed E-state index contributed by atoms with van der Waals surface area (Å²) >= 11 is 0. The zero-order valence-corrected chi connectivity index (χ0v) is 15.8. The quantitative estimate of drug-likeness (QED) is 0.673. The van der Waals surface area contributed by atoms with E-state index >= 15 is 0 Å². The number of piperidine rings is 1. The van der Waals surface area contributed by atoms with Crippen LogP contribution in [0.25, 0.3) is 11.1 Å². The Bertz CT molecular complexity index is 872. The molecule has 0 aliphatic carbocycles. The normalized spacial score (nSPS) is 17.2. The van der Waals surface area contributed by atoms with Crippen molar-refractivity contribution >= 4 is 11.1 Å². The molecule has 28 heavy (non-hydrogen) atoms. The average molecular weight is 384 g/mol. The summed E-state index contributed by atoms with van der Waals surface area (Å²) in [7, 11) is 0. The number of halogens is 1. The van der Waals surface area contributed by atoms with Crippen molar-refractivity contribution in [3.8, 4) is 0 Å². The lowest BCUT2D eigenvalue weighted by Crippen LogP contribution is -2.39. The third-order valence-corrected chi connectivity index (χ3v) is 5.24. The van der Waals surface area contributed by atoms with Crippen molar-refractivity contribution in [3.63, 3.8) is 0 Å². The van der Waals surface area contributed by atoms with Crippen LogP contribution in [0, 0.1) is 5.82 Å². The van der Waals surface area contributed by atoms with Crippen molar-refractivity contribution < 1.29 is 18.7 Å². The van der Waals surface area contributed by atoms with E-state index < -0.39 is 6.10 Å². The van der Waals surface area contributed by atoms with Gasteiger partial charge in [-0.1, -0.05) is 30.3 Å². The highest BCUT2D eigenvalue weighted by atomic mass is 19.1. The van der Waals surface area contributed by atoms with Gasteiger partial charge in [-0.05, 0) is 44.1 Å². The molecule has 2 aromatic carbocycles. The Labute approximate surface area is 163 Å².